The van der Waals surface area contributed by atoms with E-state index in [0.717, 1.165) is 17.9 Å². The quantitative estimate of drug-likeness (QED) is 0.508. The molecule has 3 saturated heterocycles. The first-order valence-corrected chi connectivity index (χ1v) is 14.4. The van der Waals surface area contributed by atoms with E-state index >= 15 is 0 Å². The highest BCUT2D eigenvalue weighted by Crippen LogP contribution is 2.36. The van der Waals surface area contributed by atoms with Gasteiger partial charge in [0.05, 0.1) is 12.2 Å². The molecular formula is C29H55N3O. The first kappa shape index (κ1) is 25.9. The van der Waals surface area contributed by atoms with Crippen LogP contribution in [0.15, 0.2) is 0 Å². The van der Waals surface area contributed by atoms with Gasteiger partial charge in [0.15, 0.2) is 0 Å². The number of nitrogens with zero attached hydrogens (tertiary/aromatic N) is 3. The van der Waals surface area contributed by atoms with Gasteiger partial charge in [-0.2, -0.15) is 0 Å². The maximum absolute atomic E-state index is 6.57. The molecule has 3 aliphatic heterocycles. The molecule has 0 N–H and O–H groups in total. The molecule has 0 atom stereocenters. The van der Waals surface area contributed by atoms with Crippen LogP contribution in [-0.4, -0.2) is 84.3 Å². The van der Waals surface area contributed by atoms with E-state index in [4.69, 9.17) is 4.74 Å². The fraction of sp³-hybridized carbons (Fsp3) is 1.00. The second-order valence-electron chi connectivity index (χ2n) is 14.2. The van der Waals surface area contributed by atoms with E-state index < -0.39 is 0 Å². The van der Waals surface area contributed by atoms with Crippen LogP contribution >= 0.6 is 0 Å². The van der Waals surface area contributed by atoms with Gasteiger partial charge in [-0.15, -0.1) is 0 Å². The molecule has 0 amide bonds. The van der Waals surface area contributed by atoms with Crippen molar-refractivity contribution >= 4 is 0 Å². The van der Waals surface area contributed by atoms with Gasteiger partial charge >= 0.3 is 0 Å². The number of ether oxygens (including phenoxy) is 1. The van der Waals surface area contributed by atoms with E-state index in [0.29, 0.717) is 23.2 Å². The van der Waals surface area contributed by atoms with E-state index in [9.17, 15) is 0 Å². The van der Waals surface area contributed by atoms with Crippen LogP contribution in [0.3, 0.4) is 0 Å². The zero-order valence-corrected chi connectivity index (χ0v) is 23.0. The molecule has 0 aromatic heterocycles. The zero-order chi connectivity index (χ0) is 23.6. The van der Waals surface area contributed by atoms with Crippen LogP contribution in [0.1, 0.15) is 99.3 Å². The Balaban J connectivity index is 1.06. The SMILES string of the molecule is CC(C)(C)CC1CCN(C2CC(OC3CCN(CC4CCN(C(C)(C)C)CC4)CC3)C2)CC1. The van der Waals surface area contributed by atoms with E-state index in [-0.39, 0.29) is 0 Å². The Labute approximate surface area is 205 Å². The van der Waals surface area contributed by atoms with Crippen molar-refractivity contribution in [3.8, 4) is 0 Å². The van der Waals surface area contributed by atoms with Crippen LogP contribution in [0.25, 0.3) is 0 Å². The fourth-order valence-corrected chi connectivity index (χ4v) is 6.99. The van der Waals surface area contributed by atoms with Gasteiger partial charge in [-0.3, -0.25) is 4.90 Å². The molecule has 1 saturated carbocycles. The normalized spacial score (nSPS) is 31.1. The van der Waals surface area contributed by atoms with Crippen molar-refractivity contribution in [2.45, 2.75) is 123 Å². The van der Waals surface area contributed by atoms with Gasteiger partial charge in [0.25, 0.3) is 0 Å². The van der Waals surface area contributed by atoms with Gasteiger partial charge in [-0.1, -0.05) is 20.8 Å². The lowest BCUT2D eigenvalue weighted by Crippen LogP contribution is -2.52. The minimum Gasteiger partial charge on any atom is -0.375 e. The van der Waals surface area contributed by atoms with Gasteiger partial charge in [0.2, 0.25) is 0 Å². The monoisotopic (exact) mass is 461 g/mol. The van der Waals surface area contributed by atoms with Crippen LogP contribution in [0.5, 0.6) is 0 Å². The standard InChI is InChI=1S/C29H55N3O/c1-28(2,3)21-23-7-15-31(16-8-23)25-19-27(20-25)33-26-11-13-30(14-12-26)22-24-9-17-32(18-10-24)29(4,5)6/h23-27H,7-22H2,1-6H3. The molecule has 33 heavy (non-hydrogen) atoms. The Morgan fingerprint density at radius 3 is 1.79 bits per heavy atom. The zero-order valence-electron chi connectivity index (χ0n) is 23.0. The van der Waals surface area contributed by atoms with Crippen molar-refractivity contribution in [1.29, 1.82) is 0 Å². The van der Waals surface area contributed by atoms with Crippen molar-refractivity contribution in [3.05, 3.63) is 0 Å². The topological polar surface area (TPSA) is 19.0 Å². The predicted octanol–water partition coefficient (Wildman–Crippen LogP) is 5.66. The van der Waals surface area contributed by atoms with Gasteiger partial charge in [-0.25, -0.2) is 0 Å². The molecule has 4 heteroatoms. The van der Waals surface area contributed by atoms with Crippen molar-refractivity contribution < 1.29 is 4.74 Å². The molecule has 0 aromatic rings. The molecule has 4 aliphatic rings. The van der Waals surface area contributed by atoms with Crippen molar-refractivity contribution in [1.82, 2.24) is 14.7 Å². The number of piperidine rings is 3. The Morgan fingerprint density at radius 2 is 1.24 bits per heavy atom. The number of rotatable bonds is 6. The minimum absolute atomic E-state index is 0.337. The Bertz CT molecular complexity index is 579. The molecule has 192 valence electrons. The highest BCUT2D eigenvalue weighted by Gasteiger charge is 2.38. The molecule has 1 aliphatic carbocycles. The van der Waals surface area contributed by atoms with Crippen LogP contribution in [0.2, 0.25) is 0 Å². The summed E-state index contributed by atoms with van der Waals surface area (Å²) in [5.41, 5.74) is 0.825. The number of hydrogen-bond donors (Lipinski definition) is 0. The summed E-state index contributed by atoms with van der Waals surface area (Å²) < 4.78 is 6.57. The summed E-state index contributed by atoms with van der Waals surface area (Å²) in [5.74, 6) is 1.85. The summed E-state index contributed by atoms with van der Waals surface area (Å²) in [7, 11) is 0. The highest BCUT2D eigenvalue weighted by molar-refractivity contribution is 4.92. The third-order valence-electron chi connectivity index (χ3n) is 9.14. The number of hydrogen-bond acceptors (Lipinski definition) is 4. The lowest BCUT2D eigenvalue weighted by atomic mass is 9.79. The van der Waals surface area contributed by atoms with Crippen molar-refractivity contribution in [2.24, 2.45) is 17.3 Å². The smallest absolute Gasteiger partial charge is 0.0608 e. The summed E-state index contributed by atoms with van der Waals surface area (Å²) in [6.45, 7) is 23.3. The summed E-state index contributed by atoms with van der Waals surface area (Å²) >= 11 is 0. The molecule has 4 nitrogen and oxygen atoms in total. The maximum atomic E-state index is 6.57. The van der Waals surface area contributed by atoms with Gasteiger partial charge in [0.1, 0.15) is 0 Å². The van der Waals surface area contributed by atoms with Gasteiger partial charge in [-0.05, 0) is 122 Å². The number of likely N-dealkylation sites (tertiary alicyclic amines) is 3. The third kappa shape index (κ3) is 7.66. The molecule has 3 heterocycles. The first-order chi connectivity index (χ1) is 15.5. The van der Waals surface area contributed by atoms with Crippen LogP contribution < -0.4 is 0 Å². The predicted molar refractivity (Wildman–Crippen MR) is 140 cm³/mol. The van der Waals surface area contributed by atoms with E-state index in [2.05, 4.69) is 56.2 Å². The Kier molecular flexibility index (Phi) is 8.52. The molecule has 0 radical (unpaired) electrons. The van der Waals surface area contributed by atoms with Crippen molar-refractivity contribution in [3.63, 3.8) is 0 Å². The van der Waals surface area contributed by atoms with E-state index in [1.165, 1.54) is 104 Å². The Morgan fingerprint density at radius 1 is 0.667 bits per heavy atom. The highest BCUT2D eigenvalue weighted by atomic mass is 16.5. The average molecular weight is 462 g/mol. The average Bonchev–Trinajstić information content (AvgIpc) is 2.71. The second-order valence-corrected chi connectivity index (χ2v) is 14.2. The lowest BCUT2D eigenvalue weighted by Gasteiger charge is -2.47. The summed E-state index contributed by atoms with van der Waals surface area (Å²) in [5, 5.41) is 0. The minimum atomic E-state index is 0.337. The van der Waals surface area contributed by atoms with Gasteiger partial charge < -0.3 is 14.5 Å². The molecule has 0 unspecified atom stereocenters. The van der Waals surface area contributed by atoms with Crippen LogP contribution in [0, 0.1) is 17.3 Å². The molecule has 0 bridgehead atoms. The second kappa shape index (κ2) is 10.8. The summed E-state index contributed by atoms with van der Waals surface area (Å²) in [4.78, 5) is 8.19. The molecule has 4 rings (SSSR count). The van der Waals surface area contributed by atoms with E-state index in [1.807, 2.05) is 0 Å². The molecule has 0 aromatic carbocycles. The van der Waals surface area contributed by atoms with E-state index in [1.54, 1.807) is 0 Å². The molecule has 0 spiro atoms. The summed E-state index contributed by atoms with van der Waals surface area (Å²) in [6, 6.07) is 0.810. The van der Waals surface area contributed by atoms with Crippen LogP contribution in [-0.2, 0) is 4.74 Å². The molecular weight excluding hydrogens is 406 g/mol. The third-order valence-corrected chi connectivity index (χ3v) is 9.14. The maximum Gasteiger partial charge on any atom is 0.0608 e. The van der Waals surface area contributed by atoms with Crippen LogP contribution in [0.4, 0.5) is 0 Å². The van der Waals surface area contributed by atoms with Gasteiger partial charge in [0, 0.05) is 31.2 Å². The summed E-state index contributed by atoms with van der Waals surface area (Å²) in [6.07, 6.45) is 13.1. The van der Waals surface area contributed by atoms with Crippen molar-refractivity contribution in [2.75, 3.05) is 45.8 Å². The first-order valence-electron chi connectivity index (χ1n) is 14.4. The lowest BCUT2D eigenvalue weighted by molar-refractivity contribution is -0.108. The largest absolute Gasteiger partial charge is 0.375 e. The fourth-order valence-electron chi connectivity index (χ4n) is 6.99. The Hall–Kier alpha value is -0.160. The molecule has 4 fully saturated rings.